The van der Waals surface area contributed by atoms with Crippen LogP contribution in [0.1, 0.15) is 32.1 Å². The Morgan fingerprint density at radius 2 is 2.30 bits per heavy atom. The van der Waals surface area contributed by atoms with Crippen molar-refractivity contribution in [3.63, 3.8) is 0 Å². The number of halogens is 1. The summed E-state index contributed by atoms with van der Waals surface area (Å²) in [7, 11) is 0. The van der Waals surface area contributed by atoms with Crippen LogP contribution in [0.3, 0.4) is 0 Å². The van der Waals surface area contributed by atoms with Crippen LogP contribution in [0.5, 0.6) is 0 Å². The second-order valence-corrected chi connectivity index (χ2v) is 7.53. The van der Waals surface area contributed by atoms with Crippen molar-refractivity contribution < 1.29 is 9.53 Å². The third-order valence-corrected chi connectivity index (χ3v) is 5.52. The minimum absolute atomic E-state index is 0.0411. The molecule has 0 saturated heterocycles. The molecule has 1 heterocycles. The molecule has 4 nitrogen and oxygen atoms in total. The van der Waals surface area contributed by atoms with E-state index in [0.717, 1.165) is 9.21 Å². The third kappa shape index (κ3) is 2.60. The van der Waals surface area contributed by atoms with Crippen molar-refractivity contribution in [2.75, 3.05) is 6.61 Å². The SMILES string of the molecule is CCOC1CC(N)(C(=O)NCc2ccc(Cl)s2)C1(C)C. The minimum atomic E-state index is -0.867. The molecule has 2 rings (SSSR count). The molecular formula is C14H21ClN2O2S. The van der Waals surface area contributed by atoms with E-state index in [-0.39, 0.29) is 17.4 Å². The summed E-state index contributed by atoms with van der Waals surface area (Å²) in [6.45, 7) is 7.02. The summed E-state index contributed by atoms with van der Waals surface area (Å²) in [4.78, 5) is 13.4. The van der Waals surface area contributed by atoms with E-state index in [1.54, 1.807) is 0 Å². The van der Waals surface area contributed by atoms with Gasteiger partial charge >= 0.3 is 0 Å². The molecule has 1 saturated carbocycles. The maximum Gasteiger partial charge on any atom is 0.241 e. The van der Waals surface area contributed by atoms with Crippen LogP contribution < -0.4 is 11.1 Å². The Labute approximate surface area is 128 Å². The van der Waals surface area contributed by atoms with E-state index in [1.165, 1.54) is 11.3 Å². The first-order valence-electron chi connectivity index (χ1n) is 6.74. The highest BCUT2D eigenvalue weighted by atomic mass is 35.5. The Morgan fingerprint density at radius 3 is 2.80 bits per heavy atom. The van der Waals surface area contributed by atoms with E-state index in [9.17, 15) is 4.79 Å². The number of ether oxygens (including phenoxy) is 1. The Balaban J connectivity index is 1.95. The van der Waals surface area contributed by atoms with Gasteiger partial charge in [0.05, 0.1) is 17.0 Å². The smallest absolute Gasteiger partial charge is 0.241 e. The largest absolute Gasteiger partial charge is 0.378 e. The number of nitrogens with two attached hydrogens (primary N) is 1. The lowest BCUT2D eigenvalue weighted by molar-refractivity contribution is -0.170. The van der Waals surface area contributed by atoms with Crippen molar-refractivity contribution in [3.8, 4) is 0 Å². The average molecular weight is 317 g/mol. The highest BCUT2D eigenvalue weighted by Gasteiger charge is 2.62. The molecular weight excluding hydrogens is 296 g/mol. The van der Waals surface area contributed by atoms with Gasteiger partial charge in [0.25, 0.3) is 0 Å². The summed E-state index contributed by atoms with van der Waals surface area (Å²) in [6, 6.07) is 3.73. The first-order chi connectivity index (χ1) is 9.31. The van der Waals surface area contributed by atoms with E-state index < -0.39 is 5.54 Å². The van der Waals surface area contributed by atoms with Crippen molar-refractivity contribution in [1.82, 2.24) is 5.32 Å². The zero-order valence-corrected chi connectivity index (χ0v) is 13.6. The second-order valence-electron chi connectivity index (χ2n) is 5.73. The number of amides is 1. The molecule has 0 aromatic carbocycles. The Morgan fingerprint density at radius 1 is 1.60 bits per heavy atom. The molecule has 0 spiro atoms. The number of nitrogens with one attached hydrogen (secondary N) is 1. The molecule has 112 valence electrons. The fraction of sp³-hybridized carbons (Fsp3) is 0.643. The van der Waals surface area contributed by atoms with E-state index in [1.807, 2.05) is 32.9 Å². The number of rotatable bonds is 5. The highest BCUT2D eigenvalue weighted by molar-refractivity contribution is 7.16. The Bertz CT molecular complexity index is 503. The number of hydrogen-bond donors (Lipinski definition) is 2. The summed E-state index contributed by atoms with van der Waals surface area (Å²) in [5.41, 5.74) is 5.07. The zero-order chi connectivity index (χ0) is 15.0. The van der Waals surface area contributed by atoms with Gasteiger partial charge in [0.1, 0.15) is 5.54 Å². The molecule has 1 fully saturated rings. The maximum atomic E-state index is 12.4. The summed E-state index contributed by atoms with van der Waals surface area (Å²) >= 11 is 7.33. The highest BCUT2D eigenvalue weighted by Crippen LogP contribution is 2.49. The van der Waals surface area contributed by atoms with Gasteiger partial charge in [-0.1, -0.05) is 25.4 Å². The fourth-order valence-corrected chi connectivity index (χ4v) is 3.62. The van der Waals surface area contributed by atoms with Crippen LogP contribution in [-0.2, 0) is 16.1 Å². The van der Waals surface area contributed by atoms with Crippen LogP contribution in [0.2, 0.25) is 4.34 Å². The molecule has 1 aromatic rings. The zero-order valence-electron chi connectivity index (χ0n) is 12.0. The molecule has 2 atom stereocenters. The van der Waals surface area contributed by atoms with Crippen molar-refractivity contribution in [2.45, 2.75) is 45.4 Å². The first kappa shape index (κ1) is 15.8. The third-order valence-electron chi connectivity index (χ3n) is 4.29. The van der Waals surface area contributed by atoms with E-state index in [2.05, 4.69) is 5.32 Å². The van der Waals surface area contributed by atoms with E-state index in [0.29, 0.717) is 19.6 Å². The summed E-state index contributed by atoms with van der Waals surface area (Å²) in [6.07, 6.45) is 0.602. The first-order valence-corrected chi connectivity index (χ1v) is 7.93. The molecule has 0 bridgehead atoms. The topological polar surface area (TPSA) is 64.3 Å². The Hall–Kier alpha value is -0.620. The summed E-state index contributed by atoms with van der Waals surface area (Å²) in [5, 5.41) is 2.91. The van der Waals surface area contributed by atoms with Gasteiger partial charge in [-0.15, -0.1) is 11.3 Å². The standard InChI is InChI=1S/C14H21ClN2O2S/c1-4-19-10-7-14(16,13(10,2)3)12(18)17-8-9-5-6-11(15)20-9/h5-6,10H,4,7-8,16H2,1-3H3,(H,17,18). The maximum absolute atomic E-state index is 12.4. The van der Waals surface area contributed by atoms with Crippen molar-refractivity contribution in [2.24, 2.45) is 11.1 Å². The molecule has 2 unspecified atom stereocenters. The van der Waals surface area contributed by atoms with Gasteiger partial charge in [0, 0.05) is 23.3 Å². The van der Waals surface area contributed by atoms with Crippen LogP contribution >= 0.6 is 22.9 Å². The molecule has 3 N–H and O–H groups in total. The van der Waals surface area contributed by atoms with Crippen LogP contribution in [0.25, 0.3) is 0 Å². The lowest BCUT2D eigenvalue weighted by Crippen LogP contribution is -2.75. The van der Waals surface area contributed by atoms with Crippen molar-refractivity contribution in [3.05, 3.63) is 21.3 Å². The van der Waals surface area contributed by atoms with Crippen LogP contribution in [0, 0.1) is 5.41 Å². The summed E-state index contributed by atoms with van der Waals surface area (Å²) < 4.78 is 6.35. The van der Waals surface area contributed by atoms with Crippen LogP contribution in [0.4, 0.5) is 0 Å². The van der Waals surface area contributed by atoms with Gasteiger partial charge in [-0.05, 0) is 19.1 Å². The van der Waals surface area contributed by atoms with Gasteiger partial charge in [-0.25, -0.2) is 0 Å². The van der Waals surface area contributed by atoms with Gasteiger partial charge < -0.3 is 15.8 Å². The molecule has 1 aliphatic carbocycles. The molecule has 1 amide bonds. The normalized spacial score (nSPS) is 27.9. The lowest BCUT2D eigenvalue weighted by atomic mass is 9.54. The van der Waals surface area contributed by atoms with Crippen molar-refractivity contribution >= 4 is 28.8 Å². The minimum Gasteiger partial charge on any atom is -0.378 e. The average Bonchev–Trinajstić information content (AvgIpc) is 2.81. The fourth-order valence-electron chi connectivity index (χ4n) is 2.59. The van der Waals surface area contributed by atoms with Gasteiger partial charge in [-0.3, -0.25) is 4.79 Å². The molecule has 0 aliphatic heterocycles. The molecule has 1 aromatic heterocycles. The predicted molar refractivity (Wildman–Crippen MR) is 81.9 cm³/mol. The van der Waals surface area contributed by atoms with Gasteiger partial charge in [-0.2, -0.15) is 0 Å². The Kier molecular flexibility index (Phi) is 4.44. The van der Waals surface area contributed by atoms with E-state index in [4.69, 9.17) is 22.1 Å². The van der Waals surface area contributed by atoms with E-state index >= 15 is 0 Å². The predicted octanol–water partition coefficient (Wildman–Crippen LogP) is 2.55. The number of thiophene rings is 1. The summed E-state index contributed by atoms with van der Waals surface area (Å²) in [5.74, 6) is -0.122. The monoisotopic (exact) mass is 316 g/mol. The van der Waals surface area contributed by atoms with Gasteiger partial charge in [0.2, 0.25) is 5.91 Å². The molecule has 20 heavy (non-hydrogen) atoms. The van der Waals surface area contributed by atoms with Crippen molar-refractivity contribution in [1.29, 1.82) is 0 Å². The number of hydrogen-bond acceptors (Lipinski definition) is 4. The number of carbonyl (C=O) groups is 1. The van der Waals surface area contributed by atoms with Crippen LogP contribution in [0.15, 0.2) is 12.1 Å². The number of carbonyl (C=O) groups excluding carboxylic acids is 1. The molecule has 0 radical (unpaired) electrons. The lowest BCUT2D eigenvalue weighted by Gasteiger charge is -2.57. The second kappa shape index (κ2) is 5.64. The molecule has 1 aliphatic rings. The van der Waals surface area contributed by atoms with Gasteiger partial charge in [0.15, 0.2) is 0 Å². The molecule has 6 heteroatoms. The quantitative estimate of drug-likeness (QED) is 0.877. The van der Waals surface area contributed by atoms with Crippen LogP contribution in [-0.4, -0.2) is 24.2 Å².